The molecule has 0 aliphatic rings. The van der Waals surface area contributed by atoms with Gasteiger partial charge in [-0.2, -0.15) is 10.5 Å². The van der Waals surface area contributed by atoms with Gasteiger partial charge in [-0.15, -0.1) is 4.73 Å². The highest BCUT2D eigenvalue weighted by Crippen LogP contribution is 2.12. The van der Waals surface area contributed by atoms with Crippen LogP contribution in [0.4, 0.5) is 5.82 Å². The van der Waals surface area contributed by atoms with Crippen molar-refractivity contribution >= 4 is 16.9 Å². The summed E-state index contributed by atoms with van der Waals surface area (Å²) in [6.07, 6.45) is 0. The number of anilines is 1. The van der Waals surface area contributed by atoms with E-state index < -0.39 is 11.5 Å². The van der Waals surface area contributed by atoms with Gasteiger partial charge in [0.15, 0.2) is 6.07 Å². The van der Waals surface area contributed by atoms with E-state index in [1.54, 1.807) is 6.07 Å². The molecule has 0 atom stereocenters. The van der Waals surface area contributed by atoms with Crippen molar-refractivity contribution in [3.8, 4) is 12.1 Å². The Morgan fingerprint density at radius 1 is 1.06 bits per heavy atom. The van der Waals surface area contributed by atoms with E-state index in [0.29, 0.717) is 4.73 Å². The summed E-state index contributed by atoms with van der Waals surface area (Å²) in [5, 5.41) is 40.9. The summed E-state index contributed by atoms with van der Waals surface area (Å²) in [5.74, 6) is -0.459. The molecule has 1 aromatic heterocycles. The molecule has 0 fully saturated rings. The minimum Gasteiger partial charge on any atom is -0.710 e. The molecular weight excluding hydrogens is 222 g/mol. The summed E-state index contributed by atoms with van der Waals surface area (Å²) >= 11 is 0. The molecule has 1 heterocycles. The summed E-state index contributed by atoms with van der Waals surface area (Å²) in [5.41, 5.74) is 5.05. The Bertz CT molecular complexity index is 711. The van der Waals surface area contributed by atoms with Crippen LogP contribution in [0.1, 0.15) is 11.3 Å². The maximum Gasteiger partial charge on any atom is 0.385 e. The third-order valence-electron chi connectivity index (χ3n) is 2.31. The summed E-state index contributed by atoms with van der Waals surface area (Å²) in [6.45, 7) is 0. The van der Waals surface area contributed by atoms with Crippen LogP contribution < -0.4 is 15.2 Å². The van der Waals surface area contributed by atoms with E-state index in [1.165, 1.54) is 18.2 Å². The molecule has 7 nitrogen and oxygen atoms in total. The van der Waals surface area contributed by atoms with Gasteiger partial charge in [-0.3, -0.25) is 5.73 Å². The molecule has 0 amide bonds. The average molecular weight is 227 g/mol. The lowest BCUT2D eigenvalue weighted by Crippen LogP contribution is -2.43. The maximum atomic E-state index is 11.8. The van der Waals surface area contributed by atoms with Crippen LogP contribution in [-0.4, -0.2) is 0 Å². The van der Waals surface area contributed by atoms with Crippen molar-refractivity contribution in [3.63, 3.8) is 0 Å². The molecule has 0 bridgehead atoms. The molecule has 2 N–H and O–H groups in total. The molecule has 2 aromatic rings. The van der Waals surface area contributed by atoms with E-state index in [-0.39, 0.29) is 21.3 Å². The highest BCUT2D eigenvalue weighted by atomic mass is 16.5. The normalized spacial score (nSPS) is 9.76. The molecule has 17 heavy (non-hydrogen) atoms. The van der Waals surface area contributed by atoms with E-state index in [4.69, 9.17) is 16.3 Å². The monoisotopic (exact) mass is 227 g/mol. The molecule has 0 aliphatic heterocycles. The van der Waals surface area contributed by atoms with Gasteiger partial charge in [0.1, 0.15) is 0 Å². The number of nitrogens with two attached hydrogens (primary N) is 1. The molecule has 2 rings (SSSR count). The van der Waals surface area contributed by atoms with E-state index in [1.807, 2.05) is 6.07 Å². The van der Waals surface area contributed by atoms with Gasteiger partial charge < -0.3 is 10.4 Å². The van der Waals surface area contributed by atoms with Crippen molar-refractivity contribution in [2.75, 3.05) is 5.73 Å². The van der Waals surface area contributed by atoms with Crippen molar-refractivity contribution in [2.45, 2.75) is 0 Å². The van der Waals surface area contributed by atoms with Crippen molar-refractivity contribution in [2.24, 2.45) is 0 Å². The molecule has 0 saturated carbocycles. The Balaban J connectivity index is 3.01. The summed E-state index contributed by atoms with van der Waals surface area (Å²) < 4.78 is 0.545. The van der Waals surface area contributed by atoms with Crippen molar-refractivity contribution in [1.82, 2.24) is 0 Å². The quantitative estimate of drug-likeness (QED) is 0.476. The Morgan fingerprint density at radius 2 is 1.76 bits per heavy atom. The van der Waals surface area contributed by atoms with Crippen molar-refractivity contribution in [3.05, 3.63) is 39.9 Å². The Morgan fingerprint density at radius 3 is 2.35 bits per heavy atom. The lowest BCUT2D eigenvalue weighted by molar-refractivity contribution is -0.620. The number of aromatic nitrogens is 2. The Labute approximate surface area is 95.3 Å². The van der Waals surface area contributed by atoms with Crippen LogP contribution in [0, 0.1) is 33.1 Å². The molecule has 0 radical (unpaired) electrons. The van der Waals surface area contributed by atoms with Crippen LogP contribution in [0.3, 0.4) is 0 Å². The Hall–Kier alpha value is -3.06. The zero-order chi connectivity index (χ0) is 12.6. The largest absolute Gasteiger partial charge is 0.710 e. The lowest BCUT2D eigenvalue weighted by atomic mass is 10.2. The average Bonchev–Trinajstić information content (AvgIpc) is 2.36. The van der Waals surface area contributed by atoms with Crippen LogP contribution >= 0.6 is 0 Å². The van der Waals surface area contributed by atoms with Crippen LogP contribution in [0.25, 0.3) is 11.0 Å². The molecule has 0 aliphatic carbocycles. The van der Waals surface area contributed by atoms with Crippen LogP contribution in [0.5, 0.6) is 0 Å². The van der Waals surface area contributed by atoms with E-state index in [2.05, 4.69) is 0 Å². The van der Waals surface area contributed by atoms with Crippen LogP contribution in [-0.2, 0) is 0 Å². The molecule has 0 saturated heterocycles. The highest BCUT2D eigenvalue weighted by Gasteiger charge is 2.23. The van der Waals surface area contributed by atoms with Gasteiger partial charge in [0.25, 0.3) is 5.52 Å². The van der Waals surface area contributed by atoms with Gasteiger partial charge in [-0.1, -0.05) is 0 Å². The fourth-order valence-corrected chi connectivity index (χ4v) is 1.48. The first-order chi connectivity index (χ1) is 8.10. The van der Waals surface area contributed by atoms with Gasteiger partial charge in [0.2, 0.25) is 5.52 Å². The van der Waals surface area contributed by atoms with Crippen molar-refractivity contribution < 1.29 is 9.46 Å². The number of rotatable bonds is 0. The summed E-state index contributed by atoms with van der Waals surface area (Å²) in [7, 11) is 0. The number of nitrogen functional groups attached to an aromatic ring is 1. The molecule has 0 unspecified atom stereocenters. The second-order valence-electron chi connectivity index (χ2n) is 3.25. The predicted octanol–water partition coefficient (Wildman–Crippen LogP) is -0.568. The zero-order valence-electron chi connectivity index (χ0n) is 8.41. The molecular formula is C10H5N5O2. The van der Waals surface area contributed by atoms with E-state index in [0.717, 1.165) is 0 Å². The topological polar surface area (TPSA) is 127 Å². The van der Waals surface area contributed by atoms with Crippen molar-refractivity contribution in [1.29, 1.82) is 10.5 Å². The first-order valence-corrected chi connectivity index (χ1v) is 4.48. The number of hydrogen-bond acceptors (Lipinski definition) is 5. The molecule has 1 aromatic carbocycles. The second-order valence-corrected chi connectivity index (χ2v) is 3.25. The SMILES string of the molecule is N#Cc1ccc2c(c1)[n+]([O-])c(C#N)c(N)[n+]2[O-]. The molecule has 0 spiro atoms. The van der Waals surface area contributed by atoms with E-state index in [9.17, 15) is 10.4 Å². The smallest absolute Gasteiger partial charge is 0.385 e. The first kappa shape index (κ1) is 10.5. The lowest BCUT2D eigenvalue weighted by Gasteiger charge is -2.10. The third kappa shape index (κ3) is 1.34. The van der Waals surface area contributed by atoms with Gasteiger partial charge >= 0.3 is 11.5 Å². The number of hydrogen-bond donors (Lipinski definition) is 1. The molecule has 7 heteroatoms. The molecule has 82 valence electrons. The van der Waals surface area contributed by atoms with Gasteiger partial charge in [-0.05, 0) is 12.1 Å². The standard InChI is InChI=1S/C10H5N5O2/c11-4-6-1-2-7-8(3-6)14(16)9(5-12)10(13)15(7)17/h1-3H,13H2. The van der Waals surface area contributed by atoms with E-state index >= 15 is 0 Å². The highest BCUT2D eigenvalue weighted by molar-refractivity contribution is 5.71. The number of nitrogens with zero attached hydrogens (tertiary/aromatic N) is 4. The minimum absolute atomic E-state index is 0.00972. The number of fused-ring (bicyclic) bond motifs is 1. The van der Waals surface area contributed by atoms with Gasteiger partial charge in [0, 0.05) is 6.07 Å². The van der Waals surface area contributed by atoms with Crippen LogP contribution in [0.15, 0.2) is 18.2 Å². The predicted molar refractivity (Wildman–Crippen MR) is 55.7 cm³/mol. The fourth-order valence-electron chi connectivity index (χ4n) is 1.48. The number of nitriles is 2. The summed E-state index contributed by atoms with van der Waals surface area (Å²) in [4.78, 5) is 0. The summed E-state index contributed by atoms with van der Waals surface area (Å²) in [6, 6.07) is 7.33. The first-order valence-electron chi connectivity index (χ1n) is 4.48. The second kappa shape index (κ2) is 3.51. The number of benzene rings is 1. The van der Waals surface area contributed by atoms with Crippen LogP contribution in [0.2, 0.25) is 0 Å². The third-order valence-corrected chi connectivity index (χ3v) is 2.31. The minimum atomic E-state index is -0.484. The Kier molecular flexibility index (Phi) is 2.16. The fraction of sp³-hybridized carbons (Fsp3) is 0. The zero-order valence-corrected chi connectivity index (χ0v) is 8.41. The van der Waals surface area contributed by atoms with Gasteiger partial charge in [0.05, 0.1) is 11.6 Å². The van der Waals surface area contributed by atoms with Gasteiger partial charge in [-0.25, -0.2) is 4.73 Å². The maximum absolute atomic E-state index is 11.8.